The molecule has 0 aliphatic carbocycles. The Morgan fingerprint density at radius 2 is 1.76 bits per heavy atom. The third-order valence-electron chi connectivity index (χ3n) is 3.60. The van der Waals surface area contributed by atoms with Crippen LogP contribution in [0.3, 0.4) is 0 Å². The van der Waals surface area contributed by atoms with Crippen LogP contribution in [0.25, 0.3) is 5.65 Å². The van der Waals surface area contributed by atoms with E-state index >= 15 is 0 Å². The largest absolute Gasteiger partial charge is 0.301 e. The molecular formula is C16H17ClN4. The van der Waals surface area contributed by atoms with Crippen molar-refractivity contribution in [2.75, 3.05) is 0 Å². The maximum absolute atomic E-state index is 6.25. The van der Waals surface area contributed by atoms with Crippen LogP contribution in [-0.4, -0.2) is 14.6 Å². The summed E-state index contributed by atoms with van der Waals surface area (Å²) in [7, 11) is 0. The normalized spacial score (nSPS) is 14.2. The average molecular weight is 301 g/mol. The number of fused-ring (bicyclic) bond motifs is 1. The molecule has 21 heavy (non-hydrogen) atoms. The van der Waals surface area contributed by atoms with Crippen LogP contribution in [0, 0.1) is 0 Å². The molecule has 2 aromatic heterocycles. The first-order chi connectivity index (χ1) is 10.2. The van der Waals surface area contributed by atoms with Crippen LogP contribution in [-0.2, 0) is 0 Å². The minimum atomic E-state index is 0.0636. The summed E-state index contributed by atoms with van der Waals surface area (Å²) >= 11 is 6.25. The van der Waals surface area contributed by atoms with Crippen LogP contribution >= 0.6 is 11.6 Å². The third-order valence-corrected chi connectivity index (χ3v) is 3.94. The molecule has 4 nitrogen and oxygen atoms in total. The monoisotopic (exact) mass is 300 g/mol. The number of halogens is 1. The van der Waals surface area contributed by atoms with Gasteiger partial charge in [-0.15, -0.1) is 10.2 Å². The van der Waals surface area contributed by atoms with Crippen LogP contribution in [0.4, 0.5) is 0 Å². The standard InChI is InChI=1S/C16H17ClN4/c1-11(13-7-3-4-8-14(13)17)18-12(2)16-20-19-15-9-5-6-10-21(15)16/h3-12,18H,1-2H3. The molecule has 108 valence electrons. The van der Waals surface area contributed by atoms with Crippen molar-refractivity contribution >= 4 is 17.2 Å². The molecule has 2 unspecified atom stereocenters. The van der Waals surface area contributed by atoms with Crippen LogP contribution < -0.4 is 5.32 Å². The van der Waals surface area contributed by atoms with Crippen molar-refractivity contribution in [3.05, 3.63) is 65.1 Å². The predicted octanol–water partition coefficient (Wildman–Crippen LogP) is 3.79. The summed E-state index contributed by atoms with van der Waals surface area (Å²) in [5, 5.41) is 12.8. The van der Waals surface area contributed by atoms with E-state index in [9.17, 15) is 0 Å². The van der Waals surface area contributed by atoms with E-state index in [1.165, 1.54) is 0 Å². The highest BCUT2D eigenvalue weighted by molar-refractivity contribution is 6.31. The molecule has 1 N–H and O–H groups in total. The molecule has 1 aromatic carbocycles. The van der Waals surface area contributed by atoms with E-state index in [0.29, 0.717) is 0 Å². The molecule has 2 heterocycles. The van der Waals surface area contributed by atoms with Gasteiger partial charge in [0.15, 0.2) is 11.5 Å². The predicted molar refractivity (Wildman–Crippen MR) is 84.4 cm³/mol. The van der Waals surface area contributed by atoms with Crippen molar-refractivity contribution in [2.45, 2.75) is 25.9 Å². The van der Waals surface area contributed by atoms with Crippen LogP contribution in [0.5, 0.6) is 0 Å². The van der Waals surface area contributed by atoms with Gasteiger partial charge in [0.2, 0.25) is 0 Å². The molecule has 0 radical (unpaired) electrons. The lowest BCUT2D eigenvalue weighted by Crippen LogP contribution is -2.24. The molecule has 0 spiro atoms. The maximum Gasteiger partial charge on any atom is 0.160 e. The van der Waals surface area contributed by atoms with Gasteiger partial charge in [-0.1, -0.05) is 35.9 Å². The van der Waals surface area contributed by atoms with E-state index in [1.54, 1.807) is 0 Å². The van der Waals surface area contributed by atoms with Crippen molar-refractivity contribution in [2.24, 2.45) is 0 Å². The minimum Gasteiger partial charge on any atom is -0.301 e. The summed E-state index contributed by atoms with van der Waals surface area (Å²) in [5.74, 6) is 0.893. The second kappa shape index (κ2) is 5.84. The number of nitrogens with one attached hydrogen (secondary N) is 1. The zero-order valence-electron chi connectivity index (χ0n) is 12.0. The van der Waals surface area contributed by atoms with Crippen LogP contribution in [0.2, 0.25) is 5.02 Å². The molecule has 0 saturated carbocycles. The Morgan fingerprint density at radius 3 is 2.57 bits per heavy atom. The Hall–Kier alpha value is -1.91. The number of hydrogen-bond acceptors (Lipinski definition) is 3. The number of benzene rings is 1. The Labute approximate surface area is 128 Å². The zero-order chi connectivity index (χ0) is 14.8. The van der Waals surface area contributed by atoms with E-state index in [1.807, 2.05) is 53.1 Å². The molecule has 2 atom stereocenters. The molecule has 0 amide bonds. The van der Waals surface area contributed by atoms with Crippen molar-refractivity contribution in [3.8, 4) is 0 Å². The molecule has 3 aromatic rings. The van der Waals surface area contributed by atoms with Crippen molar-refractivity contribution in [1.29, 1.82) is 0 Å². The fourth-order valence-electron chi connectivity index (χ4n) is 2.52. The van der Waals surface area contributed by atoms with Crippen LogP contribution in [0.1, 0.15) is 37.3 Å². The number of nitrogens with zero attached hydrogens (tertiary/aromatic N) is 3. The van der Waals surface area contributed by atoms with Gasteiger partial charge >= 0.3 is 0 Å². The smallest absolute Gasteiger partial charge is 0.160 e. The summed E-state index contributed by atoms with van der Waals surface area (Å²) in [6, 6.07) is 14.0. The van der Waals surface area contributed by atoms with Crippen molar-refractivity contribution in [3.63, 3.8) is 0 Å². The second-order valence-electron chi connectivity index (χ2n) is 5.12. The van der Waals surface area contributed by atoms with Gasteiger partial charge in [-0.05, 0) is 37.6 Å². The van der Waals surface area contributed by atoms with Crippen molar-refractivity contribution in [1.82, 2.24) is 19.9 Å². The summed E-state index contributed by atoms with van der Waals surface area (Å²) in [5.41, 5.74) is 1.94. The summed E-state index contributed by atoms with van der Waals surface area (Å²) in [6.45, 7) is 4.18. The Balaban J connectivity index is 1.83. The van der Waals surface area contributed by atoms with E-state index < -0.39 is 0 Å². The molecule has 0 bridgehead atoms. The van der Waals surface area contributed by atoms with Gasteiger partial charge in [-0.2, -0.15) is 0 Å². The minimum absolute atomic E-state index is 0.0636. The van der Waals surface area contributed by atoms with Gasteiger partial charge in [-0.3, -0.25) is 4.40 Å². The highest BCUT2D eigenvalue weighted by atomic mass is 35.5. The quantitative estimate of drug-likeness (QED) is 0.797. The van der Waals surface area contributed by atoms with E-state index in [-0.39, 0.29) is 12.1 Å². The lowest BCUT2D eigenvalue weighted by atomic mass is 10.1. The highest BCUT2D eigenvalue weighted by Crippen LogP contribution is 2.24. The maximum atomic E-state index is 6.25. The van der Waals surface area contributed by atoms with E-state index in [2.05, 4.69) is 29.4 Å². The first-order valence-corrected chi connectivity index (χ1v) is 7.34. The molecule has 0 fully saturated rings. The highest BCUT2D eigenvalue weighted by Gasteiger charge is 2.17. The Kier molecular flexibility index (Phi) is 3.90. The zero-order valence-corrected chi connectivity index (χ0v) is 12.7. The van der Waals surface area contributed by atoms with Gasteiger partial charge in [0.25, 0.3) is 0 Å². The van der Waals surface area contributed by atoms with E-state index in [0.717, 1.165) is 22.1 Å². The fourth-order valence-corrected chi connectivity index (χ4v) is 2.82. The first-order valence-electron chi connectivity index (χ1n) is 6.97. The summed E-state index contributed by atoms with van der Waals surface area (Å²) in [6.07, 6.45) is 1.98. The molecule has 0 aliphatic rings. The molecular weight excluding hydrogens is 284 g/mol. The van der Waals surface area contributed by atoms with E-state index in [4.69, 9.17) is 11.6 Å². The first kappa shape index (κ1) is 14.0. The average Bonchev–Trinajstić information content (AvgIpc) is 2.91. The molecule has 5 heteroatoms. The molecule has 3 rings (SSSR count). The Bertz CT molecular complexity index is 753. The number of aromatic nitrogens is 3. The second-order valence-corrected chi connectivity index (χ2v) is 5.53. The SMILES string of the molecule is CC(NC(C)c1nnc2ccccn12)c1ccccc1Cl. The van der Waals surface area contributed by atoms with Gasteiger partial charge in [0, 0.05) is 17.3 Å². The summed E-state index contributed by atoms with van der Waals surface area (Å²) < 4.78 is 2.00. The van der Waals surface area contributed by atoms with Gasteiger partial charge in [0.1, 0.15) is 0 Å². The molecule has 0 aliphatic heterocycles. The topological polar surface area (TPSA) is 42.2 Å². The number of pyridine rings is 1. The number of hydrogen-bond donors (Lipinski definition) is 1. The Morgan fingerprint density at radius 1 is 1.00 bits per heavy atom. The van der Waals surface area contributed by atoms with Gasteiger partial charge in [0.05, 0.1) is 6.04 Å². The lowest BCUT2D eigenvalue weighted by molar-refractivity contribution is 0.474. The molecule has 0 saturated heterocycles. The third kappa shape index (κ3) is 2.77. The fraction of sp³-hybridized carbons (Fsp3) is 0.250. The summed E-state index contributed by atoms with van der Waals surface area (Å²) in [4.78, 5) is 0. The van der Waals surface area contributed by atoms with Gasteiger partial charge < -0.3 is 5.32 Å². The van der Waals surface area contributed by atoms with Gasteiger partial charge in [-0.25, -0.2) is 0 Å². The van der Waals surface area contributed by atoms with Crippen molar-refractivity contribution < 1.29 is 0 Å². The number of rotatable bonds is 4. The lowest BCUT2D eigenvalue weighted by Gasteiger charge is -2.20. The van der Waals surface area contributed by atoms with Crippen LogP contribution in [0.15, 0.2) is 48.7 Å².